The lowest BCUT2D eigenvalue weighted by atomic mass is 9.98. The number of unbranched alkanes of at least 4 members (excludes halogenated alkanes) is 1. The Bertz CT molecular complexity index is 961. The third kappa shape index (κ3) is 6.59. The van der Waals surface area contributed by atoms with Gasteiger partial charge >= 0.3 is 12.1 Å². The number of aliphatic carboxylic acids is 1. The molecule has 34 heavy (non-hydrogen) atoms. The molecule has 2 aromatic rings. The van der Waals surface area contributed by atoms with Crippen LogP contribution in [0.25, 0.3) is 11.1 Å². The van der Waals surface area contributed by atoms with Crippen molar-refractivity contribution < 1.29 is 24.2 Å². The second kappa shape index (κ2) is 12.2. The molecule has 0 bridgehead atoms. The fourth-order valence-electron chi connectivity index (χ4n) is 4.41. The molecule has 0 fully saturated rings. The van der Waals surface area contributed by atoms with Gasteiger partial charge in [-0.1, -0.05) is 75.2 Å². The molecular weight excluding hydrogens is 432 g/mol. The summed E-state index contributed by atoms with van der Waals surface area (Å²) in [5.74, 6) is -1.28. The summed E-state index contributed by atoms with van der Waals surface area (Å²) >= 11 is 0. The summed E-state index contributed by atoms with van der Waals surface area (Å²) < 4.78 is 5.52. The van der Waals surface area contributed by atoms with E-state index in [1.807, 2.05) is 38.1 Å². The molecule has 1 aliphatic carbocycles. The van der Waals surface area contributed by atoms with E-state index in [0.29, 0.717) is 19.4 Å². The molecule has 2 aromatic carbocycles. The summed E-state index contributed by atoms with van der Waals surface area (Å²) in [6.07, 6.45) is 2.36. The highest BCUT2D eigenvalue weighted by molar-refractivity contribution is 5.83. The summed E-state index contributed by atoms with van der Waals surface area (Å²) in [4.78, 5) is 35.8. The first kappa shape index (κ1) is 25.3. The molecular formula is C27H34N2O5. The molecule has 3 rings (SSSR count). The Labute approximate surface area is 200 Å². The molecule has 1 unspecified atom stereocenters. The first-order chi connectivity index (χ1) is 16.4. The number of carboxylic acid groups (broad SMARTS) is 1. The molecule has 7 nitrogen and oxygen atoms in total. The third-order valence-electron chi connectivity index (χ3n) is 6.26. The van der Waals surface area contributed by atoms with Gasteiger partial charge in [-0.25, -0.2) is 9.59 Å². The van der Waals surface area contributed by atoms with E-state index in [-0.39, 0.29) is 30.8 Å². The largest absolute Gasteiger partial charge is 0.480 e. The van der Waals surface area contributed by atoms with Gasteiger partial charge in [-0.15, -0.1) is 0 Å². The van der Waals surface area contributed by atoms with Crippen LogP contribution >= 0.6 is 0 Å². The normalized spacial score (nSPS) is 13.9. The molecule has 0 radical (unpaired) electrons. The Kier molecular flexibility index (Phi) is 9.08. The number of hydrogen-bond donors (Lipinski definition) is 3. The molecule has 3 N–H and O–H groups in total. The van der Waals surface area contributed by atoms with Gasteiger partial charge in [0.2, 0.25) is 5.91 Å². The van der Waals surface area contributed by atoms with Gasteiger partial charge in [0.1, 0.15) is 12.6 Å². The van der Waals surface area contributed by atoms with E-state index in [1.165, 1.54) is 11.1 Å². The van der Waals surface area contributed by atoms with Crippen LogP contribution in [-0.4, -0.2) is 42.3 Å². The van der Waals surface area contributed by atoms with Crippen LogP contribution in [0.4, 0.5) is 4.79 Å². The molecule has 0 aromatic heterocycles. The maximum Gasteiger partial charge on any atom is 0.407 e. The summed E-state index contributed by atoms with van der Waals surface area (Å²) in [7, 11) is 0. The molecule has 0 heterocycles. The summed E-state index contributed by atoms with van der Waals surface area (Å²) in [5.41, 5.74) is 4.68. The fraction of sp³-hybridized carbons (Fsp3) is 0.444. The quantitative estimate of drug-likeness (QED) is 0.421. The Balaban J connectivity index is 1.40. The highest BCUT2D eigenvalue weighted by Crippen LogP contribution is 2.44. The van der Waals surface area contributed by atoms with Crippen LogP contribution < -0.4 is 10.6 Å². The van der Waals surface area contributed by atoms with Crippen molar-refractivity contribution in [3.63, 3.8) is 0 Å². The number of benzene rings is 2. The van der Waals surface area contributed by atoms with Gasteiger partial charge in [0, 0.05) is 18.9 Å². The predicted octanol–water partition coefficient (Wildman–Crippen LogP) is 4.70. The molecule has 2 atom stereocenters. The van der Waals surface area contributed by atoms with Gasteiger partial charge in [0.05, 0.1) is 0 Å². The van der Waals surface area contributed by atoms with Gasteiger partial charge < -0.3 is 20.5 Å². The average Bonchev–Trinajstić information content (AvgIpc) is 3.14. The van der Waals surface area contributed by atoms with Crippen LogP contribution in [0.15, 0.2) is 48.5 Å². The minimum Gasteiger partial charge on any atom is -0.480 e. The maximum absolute atomic E-state index is 12.3. The molecule has 182 valence electrons. The van der Waals surface area contributed by atoms with Gasteiger partial charge in [0.15, 0.2) is 0 Å². The van der Waals surface area contributed by atoms with Gasteiger partial charge in [-0.3, -0.25) is 4.79 Å². The van der Waals surface area contributed by atoms with Crippen molar-refractivity contribution in [2.75, 3.05) is 13.2 Å². The van der Waals surface area contributed by atoms with Gasteiger partial charge in [0.25, 0.3) is 0 Å². The smallest absolute Gasteiger partial charge is 0.407 e. The molecule has 0 spiro atoms. The Morgan fingerprint density at radius 1 is 1.00 bits per heavy atom. The monoisotopic (exact) mass is 466 g/mol. The minimum atomic E-state index is -1.01. The first-order valence-corrected chi connectivity index (χ1v) is 12.0. The lowest BCUT2D eigenvalue weighted by Crippen LogP contribution is -2.41. The van der Waals surface area contributed by atoms with Crippen LogP contribution in [0, 0.1) is 5.92 Å². The van der Waals surface area contributed by atoms with Gasteiger partial charge in [-0.2, -0.15) is 0 Å². The van der Waals surface area contributed by atoms with E-state index in [2.05, 4.69) is 34.9 Å². The molecule has 7 heteroatoms. The van der Waals surface area contributed by atoms with Crippen molar-refractivity contribution in [2.24, 2.45) is 5.92 Å². The standard InChI is InChI=1S/C27H34N2O5/c1-3-4-13-24(26(31)32)29-25(30)16-18(2)14-15-28-27(33)34-17-23-21-11-7-5-9-19(21)20-10-6-8-12-22(20)23/h5-12,18,23-24H,3-4,13-17H2,1-2H3,(H,28,33)(H,29,30)(H,31,32)/t18?,24-/m0/s1. The Hall–Kier alpha value is -3.35. The van der Waals surface area contributed by atoms with Crippen LogP contribution in [0.5, 0.6) is 0 Å². The van der Waals surface area contributed by atoms with Gasteiger partial charge in [-0.05, 0) is 41.0 Å². The number of alkyl carbamates (subject to hydrolysis) is 1. The summed E-state index contributed by atoms with van der Waals surface area (Å²) in [5, 5.41) is 14.6. The number of hydrogen-bond acceptors (Lipinski definition) is 4. The van der Waals surface area contributed by atoms with Crippen molar-refractivity contribution >= 4 is 18.0 Å². The minimum absolute atomic E-state index is 0.00509. The van der Waals surface area contributed by atoms with E-state index in [1.54, 1.807) is 0 Å². The number of carbonyl (C=O) groups is 3. The van der Waals surface area contributed by atoms with Crippen molar-refractivity contribution in [1.29, 1.82) is 0 Å². The summed E-state index contributed by atoms with van der Waals surface area (Å²) in [6, 6.07) is 15.5. The van der Waals surface area contributed by atoms with E-state index in [0.717, 1.165) is 24.0 Å². The Morgan fingerprint density at radius 2 is 1.62 bits per heavy atom. The van der Waals surface area contributed by atoms with Crippen molar-refractivity contribution in [3.05, 3.63) is 59.7 Å². The zero-order chi connectivity index (χ0) is 24.5. The molecule has 1 aliphatic rings. The zero-order valence-corrected chi connectivity index (χ0v) is 19.9. The van der Waals surface area contributed by atoms with Crippen LogP contribution in [-0.2, 0) is 14.3 Å². The molecule has 0 saturated heterocycles. The van der Waals surface area contributed by atoms with Crippen molar-refractivity contribution in [2.45, 2.75) is 57.9 Å². The van der Waals surface area contributed by atoms with Crippen LogP contribution in [0.1, 0.15) is 63.0 Å². The topological polar surface area (TPSA) is 105 Å². The lowest BCUT2D eigenvalue weighted by Gasteiger charge is -2.17. The second-order valence-electron chi connectivity index (χ2n) is 8.95. The number of carboxylic acids is 1. The predicted molar refractivity (Wildman–Crippen MR) is 131 cm³/mol. The van der Waals surface area contributed by atoms with E-state index >= 15 is 0 Å². The average molecular weight is 467 g/mol. The number of amides is 2. The Morgan fingerprint density at radius 3 is 2.21 bits per heavy atom. The van der Waals surface area contributed by atoms with E-state index in [4.69, 9.17) is 4.74 Å². The number of rotatable bonds is 12. The molecule has 0 aliphatic heterocycles. The summed E-state index contributed by atoms with van der Waals surface area (Å²) in [6.45, 7) is 4.52. The number of ether oxygens (including phenoxy) is 1. The SMILES string of the molecule is CCCC[C@H](NC(=O)CC(C)CCNC(=O)OCC1c2ccccc2-c2ccccc21)C(=O)O. The first-order valence-electron chi connectivity index (χ1n) is 12.0. The van der Waals surface area contributed by atoms with E-state index < -0.39 is 18.1 Å². The fourth-order valence-corrected chi connectivity index (χ4v) is 4.41. The highest BCUT2D eigenvalue weighted by atomic mass is 16.5. The number of carbonyl (C=O) groups excluding carboxylic acids is 2. The van der Waals surface area contributed by atoms with Crippen LogP contribution in [0.2, 0.25) is 0 Å². The van der Waals surface area contributed by atoms with Crippen molar-refractivity contribution in [3.8, 4) is 11.1 Å². The maximum atomic E-state index is 12.3. The highest BCUT2D eigenvalue weighted by Gasteiger charge is 2.29. The zero-order valence-electron chi connectivity index (χ0n) is 19.9. The second-order valence-corrected chi connectivity index (χ2v) is 8.95. The van der Waals surface area contributed by atoms with E-state index in [9.17, 15) is 19.5 Å². The van der Waals surface area contributed by atoms with Crippen LogP contribution in [0.3, 0.4) is 0 Å². The lowest BCUT2D eigenvalue weighted by molar-refractivity contribution is -0.142. The number of fused-ring (bicyclic) bond motifs is 3. The third-order valence-corrected chi connectivity index (χ3v) is 6.26. The molecule has 0 saturated carbocycles. The number of nitrogens with one attached hydrogen (secondary N) is 2. The van der Waals surface area contributed by atoms with Crippen molar-refractivity contribution in [1.82, 2.24) is 10.6 Å². The molecule has 2 amide bonds.